The molecular weight excluding hydrogens is 362 g/mol. The molecule has 0 aliphatic rings. The molecule has 4 nitrogen and oxygen atoms in total. The van der Waals surface area contributed by atoms with Gasteiger partial charge in [0.25, 0.3) is 0 Å². The third kappa shape index (κ3) is 4.84. The highest BCUT2D eigenvalue weighted by molar-refractivity contribution is 6.30. The Labute approximate surface area is 162 Å². The molecule has 0 saturated carbocycles. The number of benzene rings is 3. The van der Waals surface area contributed by atoms with Gasteiger partial charge in [-0.15, -0.1) is 0 Å². The molecule has 27 heavy (non-hydrogen) atoms. The van der Waals surface area contributed by atoms with Crippen molar-refractivity contribution in [3.05, 3.63) is 102 Å². The second-order valence-corrected chi connectivity index (χ2v) is 6.12. The predicted molar refractivity (Wildman–Crippen MR) is 107 cm³/mol. The van der Waals surface area contributed by atoms with Crippen LogP contribution in [0.5, 0.6) is 11.5 Å². The molecule has 0 radical (unpaired) electrons. The van der Waals surface area contributed by atoms with E-state index < -0.39 is 0 Å². The van der Waals surface area contributed by atoms with Crippen LogP contribution in [0.2, 0.25) is 5.02 Å². The fraction of sp³-hybridized carbons (Fsp3) is 0. The summed E-state index contributed by atoms with van der Waals surface area (Å²) in [7, 11) is 0. The number of ketones is 1. The van der Waals surface area contributed by atoms with Crippen LogP contribution < -0.4 is 10.1 Å². The maximum atomic E-state index is 12.5. The highest BCUT2D eigenvalue weighted by atomic mass is 35.5. The molecule has 0 heterocycles. The highest BCUT2D eigenvalue weighted by Crippen LogP contribution is 2.24. The number of halogens is 1. The number of carbonyl (C=O) groups excluding carboxylic acids is 2. The Morgan fingerprint density at radius 3 is 1.81 bits per heavy atom. The Hall–Kier alpha value is -3.37. The van der Waals surface area contributed by atoms with Crippen LogP contribution in [0.15, 0.2) is 85.5 Å². The second kappa shape index (κ2) is 8.34. The fourth-order valence-corrected chi connectivity index (χ4v) is 2.50. The van der Waals surface area contributed by atoms with Crippen molar-refractivity contribution >= 4 is 29.0 Å². The molecule has 0 aromatic heterocycles. The van der Waals surface area contributed by atoms with E-state index in [-0.39, 0.29) is 11.7 Å². The minimum atomic E-state index is -0.274. The lowest BCUT2D eigenvalue weighted by Gasteiger charge is -2.08. The van der Waals surface area contributed by atoms with Gasteiger partial charge in [-0.3, -0.25) is 9.59 Å². The Morgan fingerprint density at radius 2 is 1.30 bits per heavy atom. The quantitative estimate of drug-likeness (QED) is 0.456. The Kier molecular flexibility index (Phi) is 5.69. The summed E-state index contributed by atoms with van der Waals surface area (Å²) < 4.78 is 5.76. The largest absolute Gasteiger partial charge is 0.457 e. The fourth-order valence-electron chi connectivity index (χ4n) is 2.38. The molecule has 0 aliphatic heterocycles. The predicted octanol–water partition coefficient (Wildman–Crippen LogP) is 5.49. The minimum absolute atomic E-state index is 0.0828. The third-order valence-corrected chi connectivity index (χ3v) is 4.02. The first-order chi connectivity index (χ1) is 13.0. The summed E-state index contributed by atoms with van der Waals surface area (Å²) in [4.78, 5) is 23.7. The Balaban J connectivity index is 1.67. The highest BCUT2D eigenvalue weighted by Gasteiger charge is 2.09. The van der Waals surface area contributed by atoms with Gasteiger partial charge in [-0.1, -0.05) is 18.2 Å². The van der Waals surface area contributed by atoms with Gasteiger partial charge >= 0.3 is 0 Å². The van der Waals surface area contributed by atoms with Crippen molar-refractivity contribution in [2.24, 2.45) is 0 Å². The van der Waals surface area contributed by atoms with Crippen LogP contribution in [0.25, 0.3) is 0 Å². The van der Waals surface area contributed by atoms with E-state index in [0.29, 0.717) is 33.3 Å². The van der Waals surface area contributed by atoms with E-state index >= 15 is 0 Å². The Bertz CT molecular complexity index is 962. The monoisotopic (exact) mass is 377 g/mol. The number of ether oxygens (including phenoxy) is 1. The molecule has 3 aromatic rings. The lowest BCUT2D eigenvalue weighted by Crippen LogP contribution is -2.06. The van der Waals surface area contributed by atoms with E-state index in [1.807, 2.05) is 0 Å². The first-order valence-corrected chi connectivity index (χ1v) is 8.54. The van der Waals surface area contributed by atoms with E-state index in [2.05, 4.69) is 11.9 Å². The first kappa shape index (κ1) is 18.4. The van der Waals surface area contributed by atoms with Crippen molar-refractivity contribution in [3.63, 3.8) is 0 Å². The first-order valence-electron chi connectivity index (χ1n) is 8.17. The van der Waals surface area contributed by atoms with Crippen LogP contribution in [0.3, 0.4) is 0 Å². The van der Waals surface area contributed by atoms with Crippen molar-refractivity contribution in [1.82, 2.24) is 0 Å². The summed E-state index contributed by atoms with van der Waals surface area (Å²) in [5, 5.41) is 3.25. The zero-order valence-electron chi connectivity index (χ0n) is 14.3. The summed E-state index contributed by atoms with van der Waals surface area (Å²) >= 11 is 5.85. The van der Waals surface area contributed by atoms with Gasteiger partial charge in [0.15, 0.2) is 5.78 Å². The number of hydrogen-bond acceptors (Lipinski definition) is 3. The van der Waals surface area contributed by atoms with Crippen molar-refractivity contribution in [2.75, 3.05) is 5.32 Å². The molecule has 0 bridgehead atoms. The lowest BCUT2D eigenvalue weighted by atomic mass is 10.0. The number of amides is 1. The zero-order chi connectivity index (χ0) is 19.2. The van der Waals surface area contributed by atoms with Crippen LogP contribution in [0.1, 0.15) is 15.9 Å². The summed E-state index contributed by atoms with van der Waals surface area (Å²) in [6, 6.07) is 20.6. The zero-order valence-corrected chi connectivity index (χ0v) is 15.1. The number of carbonyl (C=O) groups is 2. The molecule has 3 aromatic carbocycles. The van der Waals surface area contributed by atoms with Crippen LogP contribution in [0, 0.1) is 0 Å². The van der Waals surface area contributed by atoms with Gasteiger partial charge in [0.1, 0.15) is 11.5 Å². The van der Waals surface area contributed by atoms with Gasteiger partial charge < -0.3 is 10.1 Å². The SMILES string of the molecule is C=CC(=O)Nc1ccc(Oc2ccc(C(=O)c3ccc(Cl)cc3)cc2)cc1. The van der Waals surface area contributed by atoms with Gasteiger partial charge in [-0.25, -0.2) is 0 Å². The molecule has 0 saturated heterocycles. The van der Waals surface area contributed by atoms with Gasteiger partial charge in [0.05, 0.1) is 0 Å². The normalized spacial score (nSPS) is 10.1. The summed E-state index contributed by atoms with van der Waals surface area (Å²) in [6.45, 7) is 3.41. The van der Waals surface area contributed by atoms with E-state index in [0.717, 1.165) is 0 Å². The minimum Gasteiger partial charge on any atom is -0.457 e. The van der Waals surface area contributed by atoms with Gasteiger partial charge in [0.2, 0.25) is 5.91 Å². The maximum absolute atomic E-state index is 12.5. The van der Waals surface area contributed by atoms with E-state index in [9.17, 15) is 9.59 Å². The molecule has 0 fully saturated rings. The summed E-state index contributed by atoms with van der Waals surface area (Å²) in [5.41, 5.74) is 1.79. The molecule has 3 rings (SSSR count). The van der Waals surface area contributed by atoms with Gasteiger partial charge in [-0.2, -0.15) is 0 Å². The third-order valence-electron chi connectivity index (χ3n) is 3.77. The van der Waals surface area contributed by atoms with Gasteiger partial charge in [-0.05, 0) is 78.9 Å². The van der Waals surface area contributed by atoms with Crippen LogP contribution in [-0.2, 0) is 4.79 Å². The lowest BCUT2D eigenvalue weighted by molar-refractivity contribution is -0.111. The summed E-state index contributed by atoms with van der Waals surface area (Å²) in [5.74, 6) is 0.860. The molecule has 0 atom stereocenters. The smallest absolute Gasteiger partial charge is 0.247 e. The molecule has 1 amide bonds. The van der Waals surface area contributed by atoms with E-state index in [1.165, 1.54) is 6.08 Å². The summed E-state index contributed by atoms with van der Waals surface area (Å²) in [6.07, 6.45) is 1.21. The van der Waals surface area contributed by atoms with E-state index in [1.54, 1.807) is 72.8 Å². The van der Waals surface area contributed by atoms with Crippen molar-refractivity contribution < 1.29 is 14.3 Å². The molecule has 134 valence electrons. The number of anilines is 1. The molecular formula is C22H16ClNO3. The number of nitrogens with one attached hydrogen (secondary N) is 1. The molecule has 0 aliphatic carbocycles. The van der Waals surface area contributed by atoms with Crippen molar-refractivity contribution in [1.29, 1.82) is 0 Å². The second-order valence-electron chi connectivity index (χ2n) is 5.68. The molecule has 1 N–H and O–H groups in total. The van der Waals surface area contributed by atoms with Crippen molar-refractivity contribution in [2.45, 2.75) is 0 Å². The Morgan fingerprint density at radius 1 is 0.815 bits per heavy atom. The topological polar surface area (TPSA) is 55.4 Å². The van der Waals surface area contributed by atoms with Crippen LogP contribution >= 0.6 is 11.6 Å². The van der Waals surface area contributed by atoms with E-state index in [4.69, 9.17) is 16.3 Å². The molecule has 0 spiro atoms. The van der Waals surface area contributed by atoms with Crippen LogP contribution in [-0.4, -0.2) is 11.7 Å². The molecule has 5 heteroatoms. The number of hydrogen-bond donors (Lipinski definition) is 1. The van der Waals surface area contributed by atoms with Crippen LogP contribution in [0.4, 0.5) is 5.69 Å². The average Bonchev–Trinajstić information content (AvgIpc) is 2.70. The van der Waals surface area contributed by atoms with Gasteiger partial charge in [0, 0.05) is 21.8 Å². The van der Waals surface area contributed by atoms with Crippen molar-refractivity contribution in [3.8, 4) is 11.5 Å². The number of rotatable bonds is 6. The average molecular weight is 378 g/mol. The standard InChI is InChI=1S/C22H16ClNO3/c1-2-21(25)24-18-9-13-20(14-10-18)27-19-11-5-16(6-12-19)22(26)15-3-7-17(23)8-4-15/h2-14H,1H2,(H,24,25). The maximum Gasteiger partial charge on any atom is 0.247 e. The molecule has 0 unspecified atom stereocenters.